The van der Waals surface area contributed by atoms with E-state index in [1.807, 2.05) is 16.8 Å². The number of fused-ring (bicyclic) bond motifs is 1. The lowest BCUT2D eigenvalue weighted by molar-refractivity contribution is 0.0738. The Labute approximate surface area is 228 Å². The second kappa shape index (κ2) is 10.2. The number of benzene rings is 1. The van der Waals surface area contributed by atoms with Crippen molar-refractivity contribution in [3.05, 3.63) is 70.3 Å². The third kappa shape index (κ3) is 5.08. The minimum Gasteiger partial charge on any atom is -0.384 e. The Morgan fingerprint density at radius 3 is 2.38 bits per heavy atom. The van der Waals surface area contributed by atoms with Crippen molar-refractivity contribution in [1.82, 2.24) is 29.2 Å². The molecule has 4 aromatic rings. The fourth-order valence-corrected chi connectivity index (χ4v) is 5.95. The van der Waals surface area contributed by atoms with E-state index in [2.05, 4.69) is 46.5 Å². The van der Waals surface area contributed by atoms with Crippen molar-refractivity contribution >= 4 is 22.7 Å². The highest BCUT2D eigenvalue weighted by molar-refractivity contribution is 5.77. The first-order valence-electron chi connectivity index (χ1n) is 14.0. The molecular weight excluding hydrogens is 490 g/mol. The molecule has 6 rings (SSSR count). The highest BCUT2D eigenvalue weighted by atomic mass is 16.3. The normalized spacial score (nSPS) is 17.7. The maximum atomic E-state index is 13.6. The molecule has 1 aromatic carbocycles. The summed E-state index contributed by atoms with van der Waals surface area (Å²) in [5.41, 5.74) is 2.08. The smallest absolute Gasteiger partial charge is 0.278 e. The van der Waals surface area contributed by atoms with Gasteiger partial charge >= 0.3 is 0 Å². The van der Waals surface area contributed by atoms with Gasteiger partial charge in [-0.3, -0.25) is 4.79 Å². The Morgan fingerprint density at radius 2 is 1.69 bits per heavy atom. The van der Waals surface area contributed by atoms with Crippen molar-refractivity contribution in [2.45, 2.75) is 69.9 Å². The van der Waals surface area contributed by atoms with E-state index in [0.717, 1.165) is 44.5 Å². The molecule has 2 N–H and O–H groups in total. The first kappa shape index (κ1) is 25.7. The van der Waals surface area contributed by atoms with Crippen molar-refractivity contribution in [3.8, 4) is 5.82 Å². The average Bonchev–Trinajstić information content (AvgIpc) is 3.55. The van der Waals surface area contributed by atoms with Crippen LogP contribution in [-0.2, 0) is 5.60 Å². The Kier molecular flexibility index (Phi) is 6.72. The van der Waals surface area contributed by atoms with Gasteiger partial charge in [0.25, 0.3) is 5.56 Å². The molecule has 3 aromatic heterocycles. The maximum Gasteiger partial charge on any atom is 0.278 e. The number of aliphatic hydroxyl groups is 1. The summed E-state index contributed by atoms with van der Waals surface area (Å²) in [5.74, 6) is 1.58. The van der Waals surface area contributed by atoms with E-state index in [9.17, 15) is 9.90 Å². The SMILES string of the molecule is CN1CCC(c2ccc(Nc3ncc4c(=O)n(C5CCCC5)n(-c5cccc(C(C)(C)O)n5)c4n3)cc2)CC1. The van der Waals surface area contributed by atoms with Gasteiger partial charge in [0.1, 0.15) is 11.0 Å². The van der Waals surface area contributed by atoms with Crippen LogP contribution < -0.4 is 10.9 Å². The van der Waals surface area contributed by atoms with Gasteiger partial charge in [0.2, 0.25) is 5.95 Å². The summed E-state index contributed by atoms with van der Waals surface area (Å²) in [4.78, 5) is 30.1. The number of aromatic nitrogens is 5. The zero-order valence-electron chi connectivity index (χ0n) is 23.0. The predicted octanol–water partition coefficient (Wildman–Crippen LogP) is 4.87. The molecule has 39 heavy (non-hydrogen) atoms. The second-order valence-electron chi connectivity index (χ2n) is 11.6. The van der Waals surface area contributed by atoms with Crippen molar-refractivity contribution in [3.63, 3.8) is 0 Å². The Morgan fingerprint density at radius 1 is 0.974 bits per heavy atom. The molecular formula is C30H37N7O2. The first-order chi connectivity index (χ1) is 18.8. The van der Waals surface area contributed by atoms with Crippen LogP contribution >= 0.6 is 0 Å². The molecule has 9 heteroatoms. The Hall–Kier alpha value is -3.56. The van der Waals surface area contributed by atoms with Crippen LogP contribution in [-0.4, -0.2) is 54.5 Å². The number of nitrogens with zero attached hydrogens (tertiary/aromatic N) is 6. The molecule has 4 heterocycles. The largest absolute Gasteiger partial charge is 0.384 e. The van der Waals surface area contributed by atoms with Crippen molar-refractivity contribution in [1.29, 1.82) is 0 Å². The van der Waals surface area contributed by atoms with Crippen LogP contribution in [0, 0.1) is 0 Å². The van der Waals surface area contributed by atoms with E-state index < -0.39 is 5.60 Å². The number of hydrogen-bond acceptors (Lipinski definition) is 7. The standard InChI is InChI=1S/C30H37N7O2/c1-30(2,39)25-9-6-10-26(33-25)37-27-24(28(38)36(37)23-7-4-5-8-23)19-31-29(34-27)32-22-13-11-20(12-14-22)21-15-17-35(3)18-16-21/h6,9-14,19,21,23,39H,4-5,7-8,15-18H2,1-3H3,(H,31,32,34). The number of likely N-dealkylation sites (tertiary alicyclic amines) is 1. The summed E-state index contributed by atoms with van der Waals surface area (Å²) >= 11 is 0. The van der Waals surface area contributed by atoms with Crippen LogP contribution in [0.25, 0.3) is 16.9 Å². The summed E-state index contributed by atoms with van der Waals surface area (Å²) < 4.78 is 3.61. The molecule has 1 aliphatic carbocycles. The predicted molar refractivity (Wildman–Crippen MR) is 153 cm³/mol. The van der Waals surface area contributed by atoms with E-state index in [-0.39, 0.29) is 11.6 Å². The third-order valence-electron chi connectivity index (χ3n) is 8.23. The molecule has 0 amide bonds. The molecule has 204 valence electrons. The number of hydrogen-bond donors (Lipinski definition) is 2. The lowest BCUT2D eigenvalue weighted by atomic mass is 9.89. The van der Waals surface area contributed by atoms with Gasteiger partial charge in [-0.25, -0.2) is 19.3 Å². The van der Waals surface area contributed by atoms with Crippen LogP contribution in [0.3, 0.4) is 0 Å². The highest BCUT2D eigenvalue weighted by Gasteiger charge is 2.27. The molecule has 1 saturated carbocycles. The molecule has 0 radical (unpaired) electrons. The molecule has 2 fully saturated rings. The topological polar surface area (TPSA) is 101 Å². The summed E-state index contributed by atoms with van der Waals surface area (Å²) in [6.07, 6.45) is 8.01. The molecule has 2 aliphatic rings. The maximum absolute atomic E-state index is 13.6. The molecule has 0 bridgehead atoms. The molecule has 1 aliphatic heterocycles. The van der Waals surface area contributed by atoms with Crippen LogP contribution in [0.1, 0.15) is 75.6 Å². The molecule has 0 atom stereocenters. The summed E-state index contributed by atoms with van der Waals surface area (Å²) in [6, 6.07) is 14.1. The van der Waals surface area contributed by atoms with Crippen LogP contribution in [0.15, 0.2) is 53.5 Å². The van der Waals surface area contributed by atoms with Crippen LogP contribution in [0.5, 0.6) is 0 Å². The van der Waals surface area contributed by atoms with Gasteiger partial charge in [-0.1, -0.05) is 31.0 Å². The number of nitrogens with one attached hydrogen (secondary N) is 1. The van der Waals surface area contributed by atoms with E-state index in [4.69, 9.17) is 9.97 Å². The fraction of sp³-hybridized carbons (Fsp3) is 0.467. The summed E-state index contributed by atoms with van der Waals surface area (Å²) in [6.45, 7) is 5.68. The van der Waals surface area contributed by atoms with Gasteiger partial charge in [0.15, 0.2) is 11.5 Å². The second-order valence-corrected chi connectivity index (χ2v) is 11.6. The van der Waals surface area contributed by atoms with Crippen molar-refractivity contribution < 1.29 is 5.11 Å². The number of piperidine rings is 1. The zero-order chi connectivity index (χ0) is 27.1. The highest BCUT2D eigenvalue weighted by Crippen LogP contribution is 2.32. The van der Waals surface area contributed by atoms with E-state index in [1.54, 1.807) is 30.8 Å². The first-order valence-corrected chi connectivity index (χ1v) is 14.0. The van der Waals surface area contributed by atoms with E-state index in [1.165, 1.54) is 18.4 Å². The van der Waals surface area contributed by atoms with Crippen LogP contribution in [0.2, 0.25) is 0 Å². The van der Waals surface area contributed by atoms with Gasteiger partial charge < -0.3 is 15.3 Å². The van der Waals surface area contributed by atoms with Crippen molar-refractivity contribution in [2.24, 2.45) is 0 Å². The quantitative estimate of drug-likeness (QED) is 0.369. The molecule has 9 nitrogen and oxygen atoms in total. The average molecular weight is 528 g/mol. The number of rotatable bonds is 6. The summed E-state index contributed by atoms with van der Waals surface area (Å²) in [5, 5.41) is 14.4. The molecule has 0 spiro atoms. The fourth-order valence-electron chi connectivity index (χ4n) is 5.95. The van der Waals surface area contributed by atoms with Gasteiger partial charge in [0, 0.05) is 11.9 Å². The Balaban J connectivity index is 1.37. The lowest BCUT2D eigenvalue weighted by Gasteiger charge is -2.29. The lowest BCUT2D eigenvalue weighted by Crippen LogP contribution is -2.29. The zero-order valence-corrected chi connectivity index (χ0v) is 23.0. The van der Waals surface area contributed by atoms with Gasteiger partial charge in [0.05, 0.1) is 11.7 Å². The minimum absolute atomic E-state index is 0.0721. The number of pyridine rings is 1. The third-order valence-corrected chi connectivity index (χ3v) is 8.23. The van der Waals surface area contributed by atoms with Gasteiger partial charge in [-0.2, -0.15) is 4.98 Å². The monoisotopic (exact) mass is 527 g/mol. The van der Waals surface area contributed by atoms with Gasteiger partial charge in [-0.05, 0) is 95.4 Å². The number of anilines is 2. The molecule has 1 saturated heterocycles. The Bertz CT molecular complexity index is 1520. The van der Waals surface area contributed by atoms with Gasteiger partial charge in [-0.15, -0.1) is 0 Å². The van der Waals surface area contributed by atoms with Crippen molar-refractivity contribution in [2.75, 3.05) is 25.5 Å². The molecule has 0 unspecified atom stereocenters. The summed E-state index contributed by atoms with van der Waals surface area (Å²) in [7, 11) is 2.18. The minimum atomic E-state index is -1.11. The van der Waals surface area contributed by atoms with E-state index >= 15 is 0 Å². The van der Waals surface area contributed by atoms with Crippen LogP contribution in [0.4, 0.5) is 11.6 Å². The van der Waals surface area contributed by atoms with E-state index in [0.29, 0.717) is 34.4 Å².